The molecule has 3 aliphatic rings. The van der Waals surface area contributed by atoms with E-state index in [0.717, 1.165) is 56.0 Å². The van der Waals surface area contributed by atoms with Gasteiger partial charge < -0.3 is 15.0 Å². The van der Waals surface area contributed by atoms with Crippen molar-refractivity contribution in [1.82, 2.24) is 15.1 Å². The lowest BCUT2D eigenvalue weighted by molar-refractivity contribution is -0.133. The zero-order chi connectivity index (χ0) is 20.7. The molecule has 1 aromatic heterocycles. The number of fused-ring (bicyclic) bond motifs is 2. The van der Waals surface area contributed by atoms with E-state index in [0.29, 0.717) is 13.1 Å². The maximum atomic E-state index is 13.4. The fourth-order valence-corrected chi connectivity index (χ4v) is 5.81. The van der Waals surface area contributed by atoms with Crippen LogP contribution in [-0.2, 0) is 16.8 Å². The number of ether oxygens (including phenoxy) is 1. The molecule has 3 heterocycles. The number of urea groups is 1. The Kier molecular flexibility index (Phi) is 4.91. The second-order valence-corrected chi connectivity index (χ2v) is 9.12. The average Bonchev–Trinajstić information content (AvgIpc) is 3.35. The Morgan fingerprint density at radius 2 is 1.87 bits per heavy atom. The summed E-state index contributed by atoms with van der Waals surface area (Å²) in [7, 11) is 1.67. The first kappa shape index (κ1) is 19.4. The molecule has 2 aliphatic heterocycles. The summed E-state index contributed by atoms with van der Waals surface area (Å²) in [5.74, 6) is 0.755. The third-order valence-electron chi connectivity index (χ3n) is 6.49. The summed E-state index contributed by atoms with van der Waals surface area (Å²) in [6.45, 7) is 3.67. The van der Waals surface area contributed by atoms with Crippen LogP contribution in [0.15, 0.2) is 35.7 Å². The molecule has 7 nitrogen and oxygen atoms in total. The van der Waals surface area contributed by atoms with Crippen LogP contribution in [-0.4, -0.2) is 61.7 Å². The molecular formula is C22H26N4O3S. The largest absolute Gasteiger partial charge is 0.497 e. The average molecular weight is 427 g/mol. The van der Waals surface area contributed by atoms with Crippen LogP contribution in [0.3, 0.4) is 0 Å². The van der Waals surface area contributed by atoms with Crippen molar-refractivity contribution in [2.45, 2.75) is 24.8 Å². The molecule has 1 aliphatic carbocycles. The van der Waals surface area contributed by atoms with Gasteiger partial charge in [-0.15, -0.1) is 11.3 Å². The number of nitrogens with one attached hydrogen (secondary N) is 1. The third kappa shape index (κ3) is 3.15. The quantitative estimate of drug-likeness (QED) is 0.762. The molecule has 0 bridgehead atoms. The fraction of sp³-hybridized carbons (Fsp3) is 0.455. The molecule has 158 valence electrons. The molecule has 1 atom stereocenters. The monoisotopic (exact) mass is 426 g/mol. The van der Waals surface area contributed by atoms with Crippen molar-refractivity contribution < 1.29 is 14.3 Å². The summed E-state index contributed by atoms with van der Waals surface area (Å²) >= 11 is 1.68. The van der Waals surface area contributed by atoms with Crippen LogP contribution in [0.5, 0.6) is 5.75 Å². The number of benzene rings is 1. The lowest BCUT2D eigenvalue weighted by Gasteiger charge is -2.37. The van der Waals surface area contributed by atoms with Crippen LogP contribution < -0.4 is 15.0 Å². The first-order chi connectivity index (χ1) is 14.6. The standard InChI is InChI=1S/C22H26N4O3S/c1-29-17-6-4-16(5-7-17)25-12-10-24(11-13-25)15-26-20(27)22(23-21(26)28)9-2-3-19-18(22)8-14-30-19/h4-8,14H,2-3,9-13,15H2,1H3,(H,23,28)/t22-/m0/s1. The predicted molar refractivity (Wildman–Crippen MR) is 116 cm³/mol. The van der Waals surface area contributed by atoms with Crippen molar-refractivity contribution in [3.8, 4) is 5.75 Å². The van der Waals surface area contributed by atoms with Gasteiger partial charge in [0.05, 0.1) is 13.8 Å². The molecule has 2 saturated heterocycles. The zero-order valence-electron chi connectivity index (χ0n) is 17.1. The number of anilines is 1. The number of nitrogens with zero attached hydrogens (tertiary/aromatic N) is 3. The van der Waals surface area contributed by atoms with Gasteiger partial charge in [-0.1, -0.05) is 0 Å². The number of methoxy groups -OCH3 is 1. The molecule has 0 unspecified atom stereocenters. The number of piperazine rings is 1. The number of imide groups is 1. The van der Waals surface area contributed by atoms with Crippen LogP contribution in [0.2, 0.25) is 0 Å². The number of amides is 3. The molecular weight excluding hydrogens is 400 g/mol. The summed E-state index contributed by atoms with van der Waals surface area (Å²) in [6.07, 6.45) is 2.60. The van der Waals surface area contributed by atoms with Gasteiger partial charge in [0.25, 0.3) is 5.91 Å². The minimum atomic E-state index is -0.852. The van der Waals surface area contributed by atoms with Crippen molar-refractivity contribution in [2.24, 2.45) is 0 Å². The Hall–Kier alpha value is -2.58. The Morgan fingerprint density at radius 1 is 1.10 bits per heavy atom. The highest BCUT2D eigenvalue weighted by molar-refractivity contribution is 7.10. The van der Waals surface area contributed by atoms with Crippen molar-refractivity contribution in [1.29, 1.82) is 0 Å². The molecule has 0 saturated carbocycles. The molecule has 3 amide bonds. The second kappa shape index (κ2) is 7.59. The number of hydrogen-bond acceptors (Lipinski definition) is 6. The third-order valence-corrected chi connectivity index (χ3v) is 7.47. The number of thiophene rings is 1. The van der Waals surface area contributed by atoms with Gasteiger partial charge >= 0.3 is 6.03 Å². The molecule has 1 N–H and O–H groups in total. The van der Waals surface area contributed by atoms with Gasteiger partial charge in [-0.25, -0.2) is 9.69 Å². The highest BCUT2D eigenvalue weighted by Crippen LogP contribution is 2.42. The van der Waals surface area contributed by atoms with E-state index in [1.54, 1.807) is 18.4 Å². The van der Waals surface area contributed by atoms with E-state index >= 15 is 0 Å². The van der Waals surface area contributed by atoms with Gasteiger partial charge in [0.15, 0.2) is 0 Å². The van der Waals surface area contributed by atoms with Gasteiger partial charge in [-0.2, -0.15) is 0 Å². The van der Waals surface area contributed by atoms with E-state index in [1.807, 2.05) is 23.6 Å². The van der Waals surface area contributed by atoms with Crippen LogP contribution in [0.1, 0.15) is 23.3 Å². The predicted octanol–water partition coefficient (Wildman–Crippen LogP) is 2.62. The molecule has 0 radical (unpaired) electrons. The topological polar surface area (TPSA) is 65.1 Å². The molecule has 8 heteroatoms. The zero-order valence-corrected chi connectivity index (χ0v) is 17.9. The van der Waals surface area contributed by atoms with E-state index in [-0.39, 0.29) is 11.9 Å². The summed E-state index contributed by atoms with van der Waals surface area (Å²) in [6, 6.07) is 9.81. The van der Waals surface area contributed by atoms with Crippen molar-refractivity contribution in [3.05, 3.63) is 46.2 Å². The van der Waals surface area contributed by atoms with E-state index < -0.39 is 5.54 Å². The van der Waals surface area contributed by atoms with E-state index in [4.69, 9.17) is 4.74 Å². The Bertz CT molecular complexity index is 952. The van der Waals surface area contributed by atoms with Gasteiger partial charge in [0.1, 0.15) is 11.3 Å². The highest BCUT2D eigenvalue weighted by atomic mass is 32.1. The first-order valence-corrected chi connectivity index (χ1v) is 11.3. The number of hydrogen-bond donors (Lipinski definition) is 1. The van der Waals surface area contributed by atoms with Gasteiger partial charge in [0, 0.05) is 42.3 Å². The SMILES string of the molecule is COc1ccc(N2CCN(CN3C(=O)N[C@]4(CCCc5sccc54)C3=O)CC2)cc1. The summed E-state index contributed by atoms with van der Waals surface area (Å²) in [5.41, 5.74) is 1.32. The maximum Gasteiger partial charge on any atom is 0.326 e. The minimum absolute atomic E-state index is 0.0931. The maximum absolute atomic E-state index is 13.4. The highest BCUT2D eigenvalue weighted by Gasteiger charge is 2.54. The van der Waals surface area contributed by atoms with Crippen LogP contribution in [0.25, 0.3) is 0 Å². The van der Waals surface area contributed by atoms with Crippen molar-refractivity contribution >= 4 is 29.0 Å². The Morgan fingerprint density at radius 3 is 2.60 bits per heavy atom. The second-order valence-electron chi connectivity index (χ2n) is 8.12. The van der Waals surface area contributed by atoms with Crippen LogP contribution in [0, 0.1) is 0 Å². The summed E-state index contributed by atoms with van der Waals surface area (Å²) < 4.78 is 5.23. The van der Waals surface area contributed by atoms with Crippen molar-refractivity contribution in [3.63, 3.8) is 0 Å². The van der Waals surface area contributed by atoms with E-state index in [9.17, 15) is 9.59 Å². The number of aryl methyl sites for hydroxylation is 1. The van der Waals surface area contributed by atoms with Crippen LogP contribution in [0.4, 0.5) is 10.5 Å². The minimum Gasteiger partial charge on any atom is -0.497 e. The lowest BCUT2D eigenvalue weighted by atomic mass is 9.80. The fourth-order valence-electron chi connectivity index (χ4n) is 4.81. The van der Waals surface area contributed by atoms with Gasteiger partial charge in [-0.05, 0) is 55.0 Å². The smallest absolute Gasteiger partial charge is 0.326 e. The molecule has 30 heavy (non-hydrogen) atoms. The molecule has 1 spiro atoms. The molecule has 2 fully saturated rings. The molecule has 1 aromatic carbocycles. The van der Waals surface area contributed by atoms with Crippen LogP contribution >= 0.6 is 11.3 Å². The van der Waals surface area contributed by atoms with Crippen molar-refractivity contribution in [2.75, 3.05) is 44.9 Å². The number of carbonyl (C=O) groups excluding carboxylic acids is 2. The lowest BCUT2D eigenvalue weighted by Crippen LogP contribution is -2.52. The summed E-state index contributed by atoms with van der Waals surface area (Å²) in [5, 5.41) is 5.07. The molecule has 2 aromatic rings. The van der Waals surface area contributed by atoms with Gasteiger partial charge in [0.2, 0.25) is 0 Å². The summed E-state index contributed by atoms with van der Waals surface area (Å²) in [4.78, 5) is 33.3. The van der Waals surface area contributed by atoms with Gasteiger partial charge in [-0.3, -0.25) is 9.69 Å². The Balaban J connectivity index is 1.24. The first-order valence-electron chi connectivity index (χ1n) is 10.4. The Labute approximate surface area is 180 Å². The van der Waals surface area contributed by atoms with E-state index in [2.05, 4.69) is 27.2 Å². The number of rotatable bonds is 4. The van der Waals surface area contributed by atoms with E-state index in [1.165, 1.54) is 9.78 Å². The normalized spacial score (nSPS) is 24.3. The molecule has 5 rings (SSSR count). The number of carbonyl (C=O) groups is 2.